The summed E-state index contributed by atoms with van der Waals surface area (Å²) in [6, 6.07) is 6.36. The maximum Gasteiger partial charge on any atom is 0.306 e. The highest BCUT2D eigenvalue weighted by molar-refractivity contribution is 5.83. The van der Waals surface area contributed by atoms with Crippen molar-refractivity contribution in [2.75, 3.05) is 19.7 Å². The third kappa shape index (κ3) is 3.27. The first-order valence-electron chi connectivity index (χ1n) is 7.42. The van der Waals surface area contributed by atoms with Crippen LogP contribution in [0.3, 0.4) is 0 Å². The molecule has 1 heterocycles. The lowest BCUT2D eigenvalue weighted by molar-refractivity contribution is -0.148. The number of halogens is 1. The maximum absolute atomic E-state index is 13.2. The third-order valence-corrected chi connectivity index (χ3v) is 4.24. The minimum atomic E-state index is -0.927. The Morgan fingerprint density at radius 2 is 2.23 bits per heavy atom. The Bertz CT molecular complexity index is 591. The Kier molecular flexibility index (Phi) is 4.11. The van der Waals surface area contributed by atoms with Crippen molar-refractivity contribution in [2.45, 2.75) is 24.9 Å². The fourth-order valence-corrected chi connectivity index (χ4v) is 3.05. The van der Waals surface area contributed by atoms with Crippen molar-refractivity contribution in [3.05, 3.63) is 35.6 Å². The van der Waals surface area contributed by atoms with Crippen molar-refractivity contribution < 1.29 is 23.8 Å². The minimum absolute atomic E-state index is 0.0213. The van der Waals surface area contributed by atoms with E-state index in [1.165, 1.54) is 12.1 Å². The van der Waals surface area contributed by atoms with E-state index in [1.54, 1.807) is 11.0 Å². The highest BCUT2D eigenvalue weighted by atomic mass is 19.1. The Hall–Kier alpha value is -1.95. The predicted molar refractivity (Wildman–Crippen MR) is 75.8 cm³/mol. The second kappa shape index (κ2) is 6.04. The summed E-state index contributed by atoms with van der Waals surface area (Å²) in [6.45, 7) is 1.17. The summed E-state index contributed by atoms with van der Waals surface area (Å²) in [5, 5.41) is 8.81. The number of ether oxygens (including phenoxy) is 1. The van der Waals surface area contributed by atoms with Crippen LogP contribution in [0.1, 0.15) is 24.3 Å². The van der Waals surface area contributed by atoms with Crippen LogP contribution in [0, 0.1) is 11.7 Å². The molecule has 1 amide bonds. The lowest BCUT2D eigenvalue weighted by Crippen LogP contribution is -2.47. The fraction of sp³-hybridized carbons (Fsp3) is 0.500. The van der Waals surface area contributed by atoms with Crippen LogP contribution in [0.4, 0.5) is 4.39 Å². The average molecular weight is 307 g/mol. The molecular weight excluding hydrogens is 289 g/mol. The molecule has 1 aromatic carbocycles. The predicted octanol–water partition coefficient (Wildman–Crippen LogP) is 1.63. The molecule has 1 aromatic rings. The lowest BCUT2D eigenvalue weighted by atomic mass is 10.1. The zero-order valence-electron chi connectivity index (χ0n) is 12.1. The number of hydrogen-bond acceptors (Lipinski definition) is 3. The molecule has 1 aliphatic carbocycles. The molecule has 1 aliphatic heterocycles. The van der Waals surface area contributed by atoms with E-state index in [4.69, 9.17) is 9.84 Å². The molecule has 22 heavy (non-hydrogen) atoms. The van der Waals surface area contributed by atoms with Crippen LogP contribution in [-0.2, 0) is 14.3 Å². The monoisotopic (exact) mass is 307 g/mol. The van der Waals surface area contributed by atoms with Crippen molar-refractivity contribution >= 4 is 11.9 Å². The molecule has 1 saturated carbocycles. The molecule has 6 heteroatoms. The summed E-state index contributed by atoms with van der Waals surface area (Å²) in [4.78, 5) is 24.9. The summed E-state index contributed by atoms with van der Waals surface area (Å²) in [5.74, 6) is -1.24. The maximum atomic E-state index is 13.2. The van der Waals surface area contributed by atoms with Crippen molar-refractivity contribution in [3.63, 3.8) is 0 Å². The molecule has 2 aliphatic rings. The molecule has 2 fully saturated rings. The van der Waals surface area contributed by atoms with E-state index in [2.05, 4.69) is 0 Å². The van der Waals surface area contributed by atoms with E-state index in [1.807, 2.05) is 6.07 Å². The van der Waals surface area contributed by atoms with E-state index in [-0.39, 0.29) is 30.0 Å². The Morgan fingerprint density at radius 3 is 2.95 bits per heavy atom. The molecule has 0 unspecified atom stereocenters. The summed E-state index contributed by atoms with van der Waals surface area (Å²) in [6.07, 6.45) is 0.187. The second-order valence-electron chi connectivity index (χ2n) is 5.88. The first kappa shape index (κ1) is 15.0. The topological polar surface area (TPSA) is 66.8 Å². The van der Waals surface area contributed by atoms with Gasteiger partial charge in [-0.1, -0.05) is 12.1 Å². The first-order valence-corrected chi connectivity index (χ1v) is 7.42. The highest BCUT2D eigenvalue weighted by Crippen LogP contribution is 2.48. The fourth-order valence-electron chi connectivity index (χ4n) is 3.05. The summed E-state index contributed by atoms with van der Waals surface area (Å²) in [5.41, 5.74) is 0.855. The average Bonchev–Trinajstić information content (AvgIpc) is 3.26. The van der Waals surface area contributed by atoms with E-state index >= 15 is 0 Å². The number of morpholine rings is 1. The SMILES string of the molecule is O=C(O)C[C@@H]1CN(C(=O)[C@@H]2C[C@@H]2c2cccc(F)c2)CCO1. The molecule has 0 spiro atoms. The van der Waals surface area contributed by atoms with Gasteiger partial charge in [-0.2, -0.15) is 0 Å². The largest absolute Gasteiger partial charge is 0.481 e. The van der Waals surface area contributed by atoms with Crippen LogP contribution < -0.4 is 0 Å². The second-order valence-corrected chi connectivity index (χ2v) is 5.88. The number of carbonyl (C=O) groups is 2. The van der Waals surface area contributed by atoms with E-state index < -0.39 is 12.1 Å². The molecule has 3 rings (SSSR count). The quantitative estimate of drug-likeness (QED) is 0.918. The number of carboxylic acids is 1. The molecule has 0 radical (unpaired) electrons. The zero-order chi connectivity index (χ0) is 15.7. The Labute approximate surface area is 127 Å². The number of hydrogen-bond donors (Lipinski definition) is 1. The van der Waals surface area contributed by atoms with Gasteiger partial charge in [0.05, 0.1) is 19.1 Å². The van der Waals surface area contributed by atoms with Gasteiger partial charge in [0.2, 0.25) is 5.91 Å². The number of amides is 1. The molecule has 3 atom stereocenters. The lowest BCUT2D eigenvalue weighted by Gasteiger charge is -2.32. The summed E-state index contributed by atoms with van der Waals surface area (Å²) >= 11 is 0. The molecular formula is C16H18FNO4. The van der Waals surface area contributed by atoms with E-state index in [0.717, 1.165) is 12.0 Å². The van der Waals surface area contributed by atoms with Crippen LogP contribution in [-0.4, -0.2) is 47.7 Å². The van der Waals surface area contributed by atoms with Gasteiger partial charge in [-0.05, 0) is 30.0 Å². The van der Waals surface area contributed by atoms with Crippen molar-refractivity contribution in [2.24, 2.45) is 5.92 Å². The van der Waals surface area contributed by atoms with Crippen LogP contribution >= 0.6 is 0 Å². The van der Waals surface area contributed by atoms with E-state index in [0.29, 0.717) is 19.7 Å². The van der Waals surface area contributed by atoms with E-state index in [9.17, 15) is 14.0 Å². The number of carboxylic acid groups (broad SMARTS) is 1. The van der Waals surface area contributed by atoms with Gasteiger partial charge in [0, 0.05) is 19.0 Å². The van der Waals surface area contributed by atoms with Gasteiger partial charge in [-0.25, -0.2) is 4.39 Å². The molecule has 1 N–H and O–H groups in total. The van der Waals surface area contributed by atoms with Gasteiger partial charge >= 0.3 is 5.97 Å². The van der Waals surface area contributed by atoms with Crippen molar-refractivity contribution in [1.82, 2.24) is 4.90 Å². The highest BCUT2D eigenvalue weighted by Gasteiger charge is 2.46. The smallest absolute Gasteiger partial charge is 0.306 e. The minimum Gasteiger partial charge on any atom is -0.481 e. The van der Waals surface area contributed by atoms with Gasteiger partial charge in [0.15, 0.2) is 0 Å². The molecule has 1 saturated heterocycles. The molecule has 0 aromatic heterocycles. The summed E-state index contributed by atoms with van der Waals surface area (Å²) < 4.78 is 18.6. The van der Waals surface area contributed by atoms with Crippen molar-refractivity contribution in [3.8, 4) is 0 Å². The normalized spacial score (nSPS) is 27.5. The van der Waals surface area contributed by atoms with Crippen LogP contribution in [0.25, 0.3) is 0 Å². The van der Waals surface area contributed by atoms with Crippen LogP contribution in [0.5, 0.6) is 0 Å². The third-order valence-electron chi connectivity index (χ3n) is 4.24. The van der Waals surface area contributed by atoms with Gasteiger partial charge in [0.1, 0.15) is 5.82 Å². The number of rotatable bonds is 4. The number of nitrogens with zero attached hydrogens (tertiary/aromatic N) is 1. The zero-order valence-corrected chi connectivity index (χ0v) is 12.1. The van der Waals surface area contributed by atoms with Gasteiger partial charge in [0.25, 0.3) is 0 Å². The van der Waals surface area contributed by atoms with Gasteiger partial charge in [-0.15, -0.1) is 0 Å². The van der Waals surface area contributed by atoms with Gasteiger partial charge in [-0.3, -0.25) is 9.59 Å². The first-order chi connectivity index (χ1) is 10.5. The molecule has 118 valence electrons. The number of benzene rings is 1. The standard InChI is InChI=1S/C16H18FNO4/c17-11-3-1-2-10(6-11)13-8-14(13)16(21)18-4-5-22-12(9-18)7-15(19)20/h1-3,6,12-14H,4-5,7-9H2,(H,19,20)/t12-,13-,14-/m1/s1. The Balaban J connectivity index is 1.59. The number of carbonyl (C=O) groups excluding carboxylic acids is 1. The van der Waals surface area contributed by atoms with Crippen molar-refractivity contribution in [1.29, 1.82) is 0 Å². The van der Waals surface area contributed by atoms with Gasteiger partial charge < -0.3 is 14.7 Å². The molecule has 5 nitrogen and oxygen atoms in total. The number of aliphatic carboxylic acids is 1. The van der Waals surface area contributed by atoms with Crippen LogP contribution in [0.15, 0.2) is 24.3 Å². The summed E-state index contributed by atoms with van der Waals surface area (Å²) in [7, 11) is 0. The van der Waals surface area contributed by atoms with Crippen LogP contribution in [0.2, 0.25) is 0 Å². The molecule has 0 bridgehead atoms. The Morgan fingerprint density at radius 1 is 1.41 bits per heavy atom.